The number of rotatable bonds is 8. The molecule has 0 radical (unpaired) electrons. The number of hydrogen-bond acceptors (Lipinski definition) is 6. The van der Waals surface area contributed by atoms with Gasteiger partial charge in [-0.25, -0.2) is 4.79 Å². The first-order chi connectivity index (χ1) is 16.5. The first-order valence-corrected chi connectivity index (χ1v) is 11.4. The van der Waals surface area contributed by atoms with Gasteiger partial charge in [-0.1, -0.05) is 42.5 Å². The van der Waals surface area contributed by atoms with Crippen molar-refractivity contribution in [3.63, 3.8) is 0 Å². The number of nitriles is 1. The first kappa shape index (κ1) is 24.9. The third-order valence-corrected chi connectivity index (χ3v) is 5.61. The van der Waals surface area contributed by atoms with Crippen LogP contribution in [0.1, 0.15) is 41.3 Å². The van der Waals surface area contributed by atoms with E-state index >= 15 is 0 Å². The van der Waals surface area contributed by atoms with Crippen LogP contribution < -0.4 is 0 Å². The van der Waals surface area contributed by atoms with Crippen molar-refractivity contribution in [3.8, 4) is 6.07 Å². The highest BCUT2D eigenvalue weighted by Crippen LogP contribution is 2.16. The summed E-state index contributed by atoms with van der Waals surface area (Å²) < 4.78 is 5.06. The molecule has 7 nitrogen and oxygen atoms in total. The van der Waals surface area contributed by atoms with Gasteiger partial charge in [0.2, 0.25) is 0 Å². The maximum absolute atomic E-state index is 13.3. The molecular formula is C27H29N3O4. The van der Waals surface area contributed by atoms with Crippen molar-refractivity contribution in [2.45, 2.75) is 26.3 Å². The van der Waals surface area contributed by atoms with E-state index in [9.17, 15) is 14.4 Å². The number of Topliss-reactive ketones (excluding diaryl/α,β-unsaturated/α-hetero) is 1. The Labute approximate surface area is 200 Å². The summed E-state index contributed by atoms with van der Waals surface area (Å²) in [6.07, 6.45) is 2.48. The fourth-order valence-electron chi connectivity index (χ4n) is 3.85. The molecule has 0 N–H and O–H groups in total. The molecule has 0 bridgehead atoms. The molecule has 0 unspecified atom stereocenters. The number of carbonyl (C=O) groups is 3. The van der Waals surface area contributed by atoms with Crippen LogP contribution in [0.4, 0.5) is 0 Å². The third-order valence-electron chi connectivity index (χ3n) is 5.61. The van der Waals surface area contributed by atoms with Crippen LogP contribution in [0.25, 0.3) is 6.08 Å². The molecule has 0 spiro atoms. The summed E-state index contributed by atoms with van der Waals surface area (Å²) in [5.74, 6) is -1.17. The highest BCUT2D eigenvalue weighted by Gasteiger charge is 2.24. The van der Waals surface area contributed by atoms with E-state index in [1.807, 2.05) is 24.3 Å². The second-order valence-corrected chi connectivity index (χ2v) is 8.19. The van der Waals surface area contributed by atoms with Crippen molar-refractivity contribution in [2.24, 2.45) is 0 Å². The molecule has 0 saturated carbocycles. The highest BCUT2D eigenvalue weighted by atomic mass is 16.5. The van der Waals surface area contributed by atoms with E-state index in [0.29, 0.717) is 24.2 Å². The average Bonchev–Trinajstić information content (AvgIpc) is 3.08. The number of ketones is 1. The van der Waals surface area contributed by atoms with Crippen LogP contribution in [0, 0.1) is 11.3 Å². The summed E-state index contributed by atoms with van der Waals surface area (Å²) >= 11 is 0. The van der Waals surface area contributed by atoms with E-state index in [0.717, 1.165) is 26.1 Å². The minimum absolute atomic E-state index is 0.0167. The molecule has 176 valence electrons. The van der Waals surface area contributed by atoms with Crippen LogP contribution in [-0.4, -0.2) is 60.2 Å². The average molecular weight is 460 g/mol. The number of benzene rings is 2. The molecule has 0 aliphatic carbocycles. The van der Waals surface area contributed by atoms with Gasteiger partial charge in [0.1, 0.15) is 6.61 Å². The van der Waals surface area contributed by atoms with Gasteiger partial charge in [0.15, 0.2) is 5.78 Å². The quantitative estimate of drug-likeness (QED) is 0.197. The fraction of sp³-hybridized carbons (Fsp3) is 0.333. The summed E-state index contributed by atoms with van der Waals surface area (Å²) in [6.45, 7) is 4.97. The number of esters is 1. The Hall–Kier alpha value is -3.76. The molecule has 0 aromatic heterocycles. The van der Waals surface area contributed by atoms with Crippen molar-refractivity contribution in [1.29, 1.82) is 5.26 Å². The van der Waals surface area contributed by atoms with E-state index in [1.54, 1.807) is 29.2 Å². The molecule has 2 aromatic carbocycles. The molecule has 1 amide bonds. The van der Waals surface area contributed by atoms with Crippen molar-refractivity contribution < 1.29 is 19.1 Å². The lowest BCUT2D eigenvalue weighted by Crippen LogP contribution is -2.37. The van der Waals surface area contributed by atoms with E-state index in [4.69, 9.17) is 10.00 Å². The monoisotopic (exact) mass is 459 g/mol. The summed E-state index contributed by atoms with van der Waals surface area (Å²) in [5, 5.41) is 8.58. The van der Waals surface area contributed by atoms with Gasteiger partial charge in [-0.2, -0.15) is 5.26 Å². The molecule has 2 aromatic rings. The van der Waals surface area contributed by atoms with Gasteiger partial charge in [0.25, 0.3) is 5.91 Å². The van der Waals surface area contributed by atoms with Gasteiger partial charge in [-0.3, -0.25) is 14.5 Å². The largest absolute Gasteiger partial charge is 0.461 e. The molecule has 1 aliphatic heterocycles. The van der Waals surface area contributed by atoms with Crippen LogP contribution >= 0.6 is 0 Å². The number of nitrogens with zero attached hydrogens (tertiary/aromatic N) is 3. The topological polar surface area (TPSA) is 90.7 Å². The predicted octanol–water partition coefficient (Wildman–Crippen LogP) is 3.46. The van der Waals surface area contributed by atoms with Gasteiger partial charge in [-0.05, 0) is 42.7 Å². The Morgan fingerprint density at radius 3 is 2.56 bits per heavy atom. The predicted molar refractivity (Wildman–Crippen MR) is 129 cm³/mol. The van der Waals surface area contributed by atoms with Crippen LogP contribution in [0.5, 0.6) is 0 Å². The zero-order chi connectivity index (χ0) is 24.3. The first-order valence-electron chi connectivity index (χ1n) is 11.4. The molecule has 0 atom stereocenters. The number of hydrogen-bond donors (Lipinski definition) is 0. The van der Waals surface area contributed by atoms with Crippen LogP contribution in [-0.2, 0) is 20.9 Å². The summed E-state index contributed by atoms with van der Waals surface area (Å²) in [4.78, 5) is 41.8. The zero-order valence-electron chi connectivity index (χ0n) is 19.4. The van der Waals surface area contributed by atoms with Crippen molar-refractivity contribution in [3.05, 3.63) is 76.9 Å². The van der Waals surface area contributed by atoms with E-state index < -0.39 is 5.97 Å². The second kappa shape index (κ2) is 12.5. The molecule has 1 aliphatic rings. The molecule has 1 saturated heterocycles. The van der Waals surface area contributed by atoms with Crippen molar-refractivity contribution in [2.75, 3.05) is 32.8 Å². The number of ether oxygens (including phenoxy) is 1. The smallest absolute Gasteiger partial charge is 0.338 e. The van der Waals surface area contributed by atoms with Crippen LogP contribution in [0.2, 0.25) is 0 Å². The lowest BCUT2D eigenvalue weighted by atomic mass is 10.0. The molecule has 3 rings (SSSR count). The molecular weight excluding hydrogens is 430 g/mol. The van der Waals surface area contributed by atoms with Crippen LogP contribution in [0.15, 0.2) is 60.2 Å². The van der Waals surface area contributed by atoms with Crippen molar-refractivity contribution in [1.82, 2.24) is 9.80 Å². The maximum Gasteiger partial charge on any atom is 0.338 e. The third kappa shape index (κ3) is 7.12. The second-order valence-electron chi connectivity index (χ2n) is 8.19. The number of amides is 1. The van der Waals surface area contributed by atoms with Gasteiger partial charge in [0.05, 0.1) is 23.6 Å². The van der Waals surface area contributed by atoms with E-state index in [-0.39, 0.29) is 30.3 Å². The summed E-state index contributed by atoms with van der Waals surface area (Å²) in [7, 11) is 0. The molecule has 7 heteroatoms. The molecule has 34 heavy (non-hydrogen) atoms. The standard InChI is InChI=1S/C27H29N3O4/c1-21(31)25(19-23-10-5-11-24(18-23)27(33)34-17-6-12-28)26(32)30-14-7-13-29(15-16-30)20-22-8-3-2-4-9-22/h2-5,8-11,18-19H,6-7,13-17,20H2,1H3/b25-19+. The Kier molecular flexibility index (Phi) is 9.12. The fourth-order valence-corrected chi connectivity index (χ4v) is 3.85. The van der Waals surface area contributed by atoms with Gasteiger partial charge >= 0.3 is 5.97 Å². The summed E-state index contributed by atoms with van der Waals surface area (Å²) in [5.41, 5.74) is 2.19. The van der Waals surface area contributed by atoms with Crippen LogP contribution in [0.3, 0.4) is 0 Å². The Balaban J connectivity index is 1.69. The SMILES string of the molecule is CC(=O)/C(=C\c1cccc(C(=O)OCCC#N)c1)C(=O)N1CCCN(Cc2ccccc2)CC1. The Morgan fingerprint density at radius 2 is 1.82 bits per heavy atom. The minimum Gasteiger partial charge on any atom is -0.461 e. The lowest BCUT2D eigenvalue weighted by molar-refractivity contribution is -0.129. The maximum atomic E-state index is 13.3. The molecule has 1 heterocycles. The number of carbonyl (C=O) groups excluding carboxylic acids is 3. The Bertz CT molecular complexity index is 1090. The lowest BCUT2D eigenvalue weighted by Gasteiger charge is -2.22. The summed E-state index contributed by atoms with van der Waals surface area (Å²) in [6, 6.07) is 18.7. The zero-order valence-corrected chi connectivity index (χ0v) is 19.4. The normalized spacial score (nSPS) is 14.7. The highest BCUT2D eigenvalue weighted by molar-refractivity contribution is 6.21. The van der Waals surface area contributed by atoms with Gasteiger partial charge in [-0.15, -0.1) is 0 Å². The van der Waals surface area contributed by atoms with E-state index in [2.05, 4.69) is 17.0 Å². The Morgan fingerprint density at radius 1 is 1.03 bits per heavy atom. The van der Waals surface area contributed by atoms with Gasteiger partial charge < -0.3 is 9.64 Å². The minimum atomic E-state index is -0.549. The van der Waals surface area contributed by atoms with Gasteiger partial charge in [0, 0.05) is 32.7 Å². The van der Waals surface area contributed by atoms with E-state index in [1.165, 1.54) is 18.6 Å². The van der Waals surface area contributed by atoms with Crippen molar-refractivity contribution >= 4 is 23.7 Å². The molecule has 1 fully saturated rings.